The number of benzene rings is 1. The first kappa shape index (κ1) is 16.5. The molecule has 1 aromatic carbocycles. The van der Waals surface area contributed by atoms with E-state index in [0.717, 1.165) is 12.0 Å². The third-order valence-electron chi connectivity index (χ3n) is 4.51. The van der Waals surface area contributed by atoms with E-state index in [1.54, 1.807) is 13.8 Å². The summed E-state index contributed by atoms with van der Waals surface area (Å²) < 4.78 is 0. The summed E-state index contributed by atoms with van der Waals surface area (Å²) in [6.45, 7) is 3.16. The Bertz CT molecular complexity index is 520. The summed E-state index contributed by atoms with van der Waals surface area (Å²) in [7, 11) is 0. The molecule has 1 atom stereocenters. The summed E-state index contributed by atoms with van der Waals surface area (Å²) in [5, 5.41) is 12.2. The Morgan fingerprint density at radius 3 is 2.41 bits per heavy atom. The Hall–Kier alpha value is -1.84. The first-order valence-electron chi connectivity index (χ1n) is 7.96. The topological polar surface area (TPSA) is 66.4 Å². The molecular formula is C18H25NO3. The lowest BCUT2D eigenvalue weighted by Crippen LogP contribution is -2.36. The number of amides is 1. The van der Waals surface area contributed by atoms with E-state index in [4.69, 9.17) is 5.11 Å². The van der Waals surface area contributed by atoms with Gasteiger partial charge in [0.15, 0.2) is 0 Å². The Kier molecular flexibility index (Phi) is 5.22. The van der Waals surface area contributed by atoms with Crippen molar-refractivity contribution in [2.24, 2.45) is 11.3 Å². The summed E-state index contributed by atoms with van der Waals surface area (Å²) in [6.07, 6.45) is 4.64. The van der Waals surface area contributed by atoms with Gasteiger partial charge in [0, 0.05) is 6.42 Å². The van der Waals surface area contributed by atoms with Gasteiger partial charge in [-0.2, -0.15) is 0 Å². The van der Waals surface area contributed by atoms with Gasteiger partial charge in [0.2, 0.25) is 5.91 Å². The Balaban J connectivity index is 2.02. The van der Waals surface area contributed by atoms with E-state index in [1.165, 1.54) is 19.3 Å². The highest BCUT2D eigenvalue weighted by molar-refractivity contribution is 5.84. The smallest absolute Gasteiger partial charge is 0.309 e. The lowest BCUT2D eigenvalue weighted by Gasteiger charge is -2.31. The first-order chi connectivity index (χ1) is 10.4. The molecule has 0 heterocycles. The Morgan fingerprint density at radius 2 is 1.91 bits per heavy atom. The average molecular weight is 303 g/mol. The second-order valence-corrected chi connectivity index (χ2v) is 6.93. The number of carboxylic acids is 1. The maximum Gasteiger partial charge on any atom is 0.309 e. The van der Waals surface area contributed by atoms with Crippen molar-refractivity contribution in [1.82, 2.24) is 5.32 Å². The normalized spacial score (nSPS) is 16.6. The van der Waals surface area contributed by atoms with Crippen LogP contribution in [0.4, 0.5) is 0 Å². The van der Waals surface area contributed by atoms with Crippen molar-refractivity contribution >= 4 is 11.9 Å². The molecule has 22 heavy (non-hydrogen) atoms. The predicted octanol–water partition coefficient (Wildman–Crippen LogP) is 3.54. The van der Waals surface area contributed by atoms with Crippen molar-refractivity contribution in [1.29, 1.82) is 0 Å². The van der Waals surface area contributed by atoms with E-state index in [1.807, 2.05) is 30.3 Å². The Morgan fingerprint density at radius 1 is 1.27 bits per heavy atom. The standard InChI is InChI=1S/C18H25NO3/c1-18(2,17(21)22)12-16(20)19-15(11-13-7-6-8-13)14-9-4-3-5-10-14/h3-5,9-10,13,15H,6-8,11-12H2,1-2H3,(H,19,20)(H,21,22). The molecular weight excluding hydrogens is 278 g/mol. The molecule has 0 bridgehead atoms. The molecule has 0 aliphatic heterocycles. The summed E-state index contributed by atoms with van der Waals surface area (Å²) in [4.78, 5) is 23.4. The second kappa shape index (κ2) is 6.95. The molecule has 0 aromatic heterocycles. The molecule has 1 aliphatic rings. The third kappa shape index (κ3) is 4.33. The molecule has 0 radical (unpaired) electrons. The van der Waals surface area contributed by atoms with Gasteiger partial charge in [-0.05, 0) is 31.7 Å². The summed E-state index contributed by atoms with van der Waals surface area (Å²) in [6, 6.07) is 9.91. The summed E-state index contributed by atoms with van der Waals surface area (Å²) >= 11 is 0. The van der Waals surface area contributed by atoms with Crippen molar-refractivity contribution in [3.63, 3.8) is 0 Å². The van der Waals surface area contributed by atoms with Gasteiger partial charge in [0.05, 0.1) is 11.5 Å². The fraction of sp³-hybridized carbons (Fsp3) is 0.556. The predicted molar refractivity (Wildman–Crippen MR) is 85.3 cm³/mol. The molecule has 2 rings (SSSR count). The highest BCUT2D eigenvalue weighted by Crippen LogP contribution is 2.35. The van der Waals surface area contributed by atoms with E-state index in [2.05, 4.69) is 5.32 Å². The van der Waals surface area contributed by atoms with Gasteiger partial charge < -0.3 is 10.4 Å². The van der Waals surface area contributed by atoms with Crippen molar-refractivity contribution in [3.05, 3.63) is 35.9 Å². The SMILES string of the molecule is CC(C)(CC(=O)NC(CC1CCC1)c1ccccc1)C(=O)O. The van der Waals surface area contributed by atoms with Crippen LogP contribution in [-0.2, 0) is 9.59 Å². The van der Waals surface area contributed by atoms with Crippen LogP contribution in [0.1, 0.15) is 57.6 Å². The molecule has 1 aliphatic carbocycles. The lowest BCUT2D eigenvalue weighted by atomic mass is 9.79. The first-order valence-corrected chi connectivity index (χ1v) is 7.96. The number of rotatable bonds is 7. The fourth-order valence-electron chi connectivity index (χ4n) is 2.75. The number of carbonyl (C=O) groups excluding carboxylic acids is 1. The van der Waals surface area contributed by atoms with Crippen LogP contribution in [0.5, 0.6) is 0 Å². The van der Waals surface area contributed by atoms with Crippen LogP contribution < -0.4 is 5.32 Å². The Labute approximate surface area is 131 Å². The van der Waals surface area contributed by atoms with Gasteiger partial charge in [-0.25, -0.2) is 0 Å². The highest BCUT2D eigenvalue weighted by atomic mass is 16.4. The average Bonchev–Trinajstić information content (AvgIpc) is 2.41. The molecule has 0 saturated heterocycles. The minimum absolute atomic E-state index is 0.00364. The fourth-order valence-corrected chi connectivity index (χ4v) is 2.75. The molecule has 120 valence electrons. The van der Waals surface area contributed by atoms with Crippen molar-refractivity contribution < 1.29 is 14.7 Å². The van der Waals surface area contributed by atoms with Crippen LogP contribution in [0.2, 0.25) is 0 Å². The summed E-state index contributed by atoms with van der Waals surface area (Å²) in [5.74, 6) is -0.475. The number of carboxylic acid groups (broad SMARTS) is 1. The van der Waals surface area contributed by atoms with Gasteiger partial charge in [-0.3, -0.25) is 9.59 Å². The lowest BCUT2D eigenvalue weighted by molar-refractivity contribution is -0.149. The van der Waals surface area contributed by atoms with Crippen molar-refractivity contribution in [2.75, 3.05) is 0 Å². The second-order valence-electron chi connectivity index (χ2n) is 6.93. The van der Waals surface area contributed by atoms with Gasteiger partial charge in [0.25, 0.3) is 0 Å². The molecule has 1 aromatic rings. The van der Waals surface area contributed by atoms with Crippen LogP contribution in [0.3, 0.4) is 0 Å². The quantitative estimate of drug-likeness (QED) is 0.809. The molecule has 1 amide bonds. The van der Waals surface area contributed by atoms with Gasteiger partial charge in [-0.1, -0.05) is 49.6 Å². The number of hydrogen-bond donors (Lipinski definition) is 2. The maximum atomic E-state index is 12.3. The number of aliphatic carboxylic acids is 1. The zero-order valence-electron chi connectivity index (χ0n) is 13.3. The third-order valence-corrected chi connectivity index (χ3v) is 4.51. The molecule has 0 spiro atoms. The largest absolute Gasteiger partial charge is 0.481 e. The summed E-state index contributed by atoms with van der Waals surface area (Å²) in [5.41, 5.74) is 0.0535. The van der Waals surface area contributed by atoms with Crippen molar-refractivity contribution in [3.8, 4) is 0 Å². The maximum absolute atomic E-state index is 12.3. The molecule has 4 heteroatoms. The molecule has 1 fully saturated rings. The highest BCUT2D eigenvalue weighted by Gasteiger charge is 2.31. The van der Waals surface area contributed by atoms with Crippen LogP contribution in [-0.4, -0.2) is 17.0 Å². The van der Waals surface area contributed by atoms with Crippen molar-refractivity contribution in [2.45, 2.75) is 52.0 Å². The van der Waals surface area contributed by atoms with Gasteiger partial charge >= 0.3 is 5.97 Å². The van der Waals surface area contributed by atoms with Gasteiger partial charge in [0.1, 0.15) is 0 Å². The number of carbonyl (C=O) groups is 2. The zero-order valence-corrected chi connectivity index (χ0v) is 13.3. The minimum atomic E-state index is -1.04. The molecule has 2 N–H and O–H groups in total. The minimum Gasteiger partial charge on any atom is -0.481 e. The van der Waals surface area contributed by atoms with E-state index in [0.29, 0.717) is 5.92 Å². The molecule has 1 unspecified atom stereocenters. The van der Waals surface area contributed by atoms with E-state index in [9.17, 15) is 9.59 Å². The van der Waals surface area contributed by atoms with E-state index < -0.39 is 11.4 Å². The van der Waals surface area contributed by atoms with Crippen LogP contribution in [0.15, 0.2) is 30.3 Å². The number of hydrogen-bond acceptors (Lipinski definition) is 2. The van der Waals surface area contributed by atoms with Crippen LogP contribution in [0, 0.1) is 11.3 Å². The molecule has 1 saturated carbocycles. The zero-order chi connectivity index (χ0) is 16.2. The van der Waals surface area contributed by atoms with Gasteiger partial charge in [-0.15, -0.1) is 0 Å². The van der Waals surface area contributed by atoms with Crippen LogP contribution in [0.25, 0.3) is 0 Å². The van der Waals surface area contributed by atoms with E-state index >= 15 is 0 Å². The molecule has 4 nitrogen and oxygen atoms in total. The monoisotopic (exact) mass is 303 g/mol. The van der Waals surface area contributed by atoms with Crippen LogP contribution >= 0.6 is 0 Å². The van der Waals surface area contributed by atoms with E-state index in [-0.39, 0.29) is 18.4 Å². The number of nitrogens with one attached hydrogen (secondary N) is 1.